The van der Waals surface area contributed by atoms with Crippen LogP contribution >= 0.6 is 0 Å². The number of hydrogen-bond donors (Lipinski definition) is 0. The lowest BCUT2D eigenvalue weighted by Crippen LogP contribution is -2.26. The van der Waals surface area contributed by atoms with Crippen molar-refractivity contribution in [2.75, 3.05) is 0 Å². The molecule has 0 aliphatic carbocycles. The molecule has 0 amide bonds. The lowest BCUT2D eigenvalue weighted by Gasteiger charge is -2.19. The molecule has 0 bridgehead atoms. The van der Waals surface area contributed by atoms with Crippen molar-refractivity contribution in [3.05, 3.63) is 140 Å². The third-order valence-electron chi connectivity index (χ3n) is 7.09. The lowest BCUT2D eigenvalue weighted by molar-refractivity contribution is 1.33. The Morgan fingerprint density at radius 2 is 1.05 bits per heavy atom. The molecule has 2 heteroatoms. The fraction of sp³-hybridized carbons (Fsp3) is 0. The molecule has 0 unspecified atom stereocenters. The summed E-state index contributed by atoms with van der Waals surface area (Å²) < 4.78 is 0. The minimum Gasteiger partial charge on any atom is -0.265 e. The van der Waals surface area contributed by atoms with Crippen LogP contribution in [0.2, 0.25) is 0 Å². The van der Waals surface area contributed by atoms with Crippen molar-refractivity contribution in [1.29, 1.82) is 0 Å². The van der Waals surface area contributed by atoms with Gasteiger partial charge in [-0.25, -0.2) is 0 Å². The largest absolute Gasteiger partial charge is 0.265 e. The Bertz CT molecular complexity index is 1890. The zero-order chi connectivity index (χ0) is 24.6. The van der Waals surface area contributed by atoms with Gasteiger partial charge in [0.15, 0.2) is 0 Å². The number of rotatable bonds is 4. The second-order valence-corrected chi connectivity index (χ2v) is 10.7. The topological polar surface area (TPSA) is 12.9 Å². The number of nitrogens with zero attached hydrogens (tertiary/aromatic N) is 1. The molecule has 1 nitrogen and oxygen atoms in total. The summed E-state index contributed by atoms with van der Waals surface area (Å²) in [5.74, 6) is 0. The van der Waals surface area contributed by atoms with E-state index in [1.807, 2.05) is 12.4 Å². The Labute approximate surface area is 218 Å². The Balaban J connectivity index is 1.58. The van der Waals surface area contributed by atoms with E-state index < -0.39 is 0 Å². The van der Waals surface area contributed by atoms with Crippen LogP contribution in [-0.2, 0) is 0 Å². The summed E-state index contributed by atoms with van der Waals surface area (Å²) in [5.41, 5.74) is 5.02. The first-order valence-corrected chi connectivity index (χ1v) is 13.6. The molecule has 0 N–H and O–H groups in total. The van der Waals surface area contributed by atoms with Gasteiger partial charge in [0.2, 0.25) is 0 Å². The first-order valence-electron chi connectivity index (χ1n) is 12.6. The molecule has 0 saturated heterocycles. The smallest absolute Gasteiger partial charge is 0.121 e. The first kappa shape index (κ1) is 21.7. The average molecular weight is 486 g/mol. The van der Waals surface area contributed by atoms with Crippen molar-refractivity contribution < 1.29 is 0 Å². The second-order valence-electron chi connectivity index (χ2n) is 9.34. The average Bonchev–Trinajstić information content (AvgIpc) is 2.96. The standard InChI is InChI=1S/C35H23NSi/c1-2-10-28(11-3-1)37-29-16-17-32-33(23-29)35(27-15-14-24-8-4-5-9-26(24)22-27)31-13-7-6-12-30(31)34(32)25-18-20-36-21-19-25/h1-23H. The molecule has 172 valence electrons. The van der Waals surface area contributed by atoms with Crippen molar-refractivity contribution in [2.24, 2.45) is 0 Å². The van der Waals surface area contributed by atoms with Crippen molar-refractivity contribution in [3.8, 4) is 22.3 Å². The molecule has 0 atom stereocenters. The van der Waals surface area contributed by atoms with E-state index in [-0.39, 0.29) is 0 Å². The molecule has 7 aromatic rings. The second kappa shape index (κ2) is 9.16. The fourth-order valence-electron chi connectivity index (χ4n) is 5.43. The molecule has 0 aliphatic rings. The Morgan fingerprint density at radius 3 is 1.84 bits per heavy atom. The summed E-state index contributed by atoms with van der Waals surface area (Å²) in [6.07, 6.45) is 3.77. The Morgan fingerprint density at radius 1 is 0.405 bits per heavy atom. The van der Waals surface area contributed by atoms with Gasteiger partial charge < -0.3 is 0 Å². The third kappa shape index (κ3) is 3.92. The van der Waals surface area contributed by atoms with Gasteiger partial charge in [0, 0.05) is 12.4 Å². The van der Waals surface area contributed by atoms with Gasteiger partial charge in [-0.05, 0) is 72.8 Å². The summed E-state index contributed by atoms with van der Waals surface area (Å²) in [7, 11) is 0.609. The van der Waals surface area contributed by atoms with E-state index in [1.165, 1.54) is 64.9 Å². The van der Waals surface area contributed by atoms with E-state index in [9.17, 15) is 0 Å². The molecule has 0 aliphatic heterocycles. The van der Waals surface area contributed by atoms with E-state index in [0.717, 1.165) is 0 Å². The summed E-state index contributed by atoms with van der Waals surface area (Å²) in [6, 6.07) is 46.4. The highest BCUT2D eigenvalue weighted by Gasteiger charge is 2.17. The maximum atomic E-state index is 4.29. The quantitative estimate of drug-likeness (QED) is 0.185. The molecule has 0 fully saturated rings. The lowest BCUT2D eigenvalue weighted by atomic mass is 9.86. The van der Waals surface area contributed by atoms with Crippen LogP contribution in [0.4, 0.5) is 0 Å². The van der Waals surface area contributed by atoms with Crippen molar-refractivity contribution in [3.63, 3.8) is 0 Å². The van der Waals surface area contributed by atoms with Crippen molar-refractivity contribution in [1.82, 2.24) is 4.98 Å². The zero-order valence-corrected chi connectivity index (χ0v) is 21.2. The van der Waals surface area contributed by atoms with E-state index in [2.05, 4.69) is 132 Å². The predicted octanol–water partition coefficient (Wildman–Crippen LogP) is 7.53. The Hall–Kier alpha value is -4.53. The fourth-order valence-corrected chi connectivity index (χ4v) is 6.51. The maximum absolute atomic E-state index is 4.29. The molecule has 6 aromatic carbocycles. The third-order valence-corrected chi connectivity index (χ3v) is 8.32. The van der Waals surface area contributed by atoms with Gasteiger partial charge in [-0.2, -0.15) is 0 Å². The van der Waals surface area contributed by atoms with Gasteiger partial charge in [-0.1, -0.05) is 120 Å². The van der Waals surface area contributed by atoms with E-state index in [4.69, 9.17) is 0 Å². The predicted molar refractivity (Wildman–Crippen MR) is 159 cm³/mol. The highest BCUT2D eigenvalue weighted by atomic mass is 28.2. The number of aromatic nitrogens is 1. The molecule has 1 aromatic heterocycles. The summed E-state index contributed by atoms with van der Waals surface area (Å²) in [5, 5.41) is 10.3. The summed E-state index contributed by atoms with van der Waals surface area (Å²) in [4.78, 5) is 4.29. The molecular weight excluding hydrogens is 462 g/mol. The van der Waals surface area contributed by atoms with Gasteiger partial charge in [0.1, 0.15) is 9.52 Å². The summed E-state index contributed by atoms with van der Waals surface area (Å²) >= 11 is 0. The van der Waals surface area contributed by atoms with Crippen LogP contribution < -0.4 is 10.4 Å². The van der Waals surface area contributed by atoms with E-state index in [0.29, 0.717) is 9.52 Å². The van der Waals surface area contributed by atoms with Crippen LogP contribution in [-0.4, -0.2) is 14.5 Å². The molecular formula is C35H23NSi. The number of pyridine rings is 1. The minimum absolute atomic E-state index is 0.609. The van der Waals surface area contributed by atoms with Crippen LogP contribution in [0.1, 0.15) is 0 Å². The number of hydrogen-bond acceptors (Lipinski definition) is 1. The number of fused-ring (bicyclic) bond motifs is 3. The van der Waals surface area contributed by atoms with Gasteiger partial charge in [0.25, 0.3) is 0 Å². The normalized spacial score (nSPS) is 11.4. The molecule has 0 saturated carbocycles. The first-order chi connectivity index (χ1) is 18.3. The van der Waals surface area contributed by atoms with Crippen LogP contribution in [0, 0.1) is 0 Å². The monoisotopic (exact) mass is 485 g/mol. The zero-order valence-electron chi connectivity index (χ0n) is 20.2. The SMILES string of the molecule is c1ccc([Si]c2ccc3c(-c4ccncc4)c4ccccc4c(-c4ccc5ccccc5c4)c3c2)cc1. The highest BCUT2D eigenvalue weighted by molar-refractivity contribution is 6.67. The summed E-state index contributed by atoms with van der Waals surface area (Å²) in [6.45, 7) is 0. The van der Waals surface area contributed by atoms with E-state index >= 15 is 0 Å². The van der Waals surface area contributed by atoms with Crippen LogP contribution in [0.3, 0.4) is 0 Å². The molecule has 1 heterocycles. The number of benzene rings is 6. The molecule has 37 heavy (non-hydrogen) atoms. The van der Waals surface area contributed by atoms with Crippen LogP contribution in [0.15, 0.2) is 140 Å². The molecule has 0 spiro atoms. The van der Waals surface area contributed by atoms with Crippen LogP contribution in [0.25, 0.3) is 54.6 Å². The Kier molecular flexibility index (Phi) is 5.38. The van der Waals surface area contributed by atoms with Gasteiger partial charge >= 0.3 is 0 Å². The maximum Gasteiger partial charge on any atom is 0.121 e. The van der Waals surface area contributed by atoms with Crippen molar-refractivity contribution >= 4 is 52.2 Å². The highest BCUT2D eigenvalue weighted by Crippen LogP contribution is 2.43. The van der Waals surface area contributed by atoms with E-state index in [1.54, 1.807) is 0 Å². The van der Waals surface area contributed by atoms with Crippen LogP contribution in [0.5, 0.6) is 0 Å². The van der Waals surface area contributed by atoms with Gasteiger partial charge in [-0.15, -0.1) is 0 Å². The van der Waals surface area contributed by atoms with Crippen molar-refractivity contribution in [2.45, 2.75) is 0 Å². The van der Waals surface area contributed by atoms with Gasteiger partial charge in [-0.3, -0.25) is 4.98 Å². The molecule has 7 rings (SSSR count). The minimum atomic E-state index is 0.609. The molecule has 2 radical (unpaired) electrons. The van der Waals surface area contributed by atoms with Gasteiger partial charge in [0.05, 0.1) is 0 Å².